The van der Waals surface area contributed by atoms with Gasteiger partial charge in [-0.2, -0.15) is 0 Å². The van der Waals surface area contributed by atoms with Crippen molar-refractivity contribution < 1.29 is 9.18 Å². The van der Waals surface area contributed by atoms with Crippen molar-refractivity contribution in [2.75, 3.05) is 0 Å². The number of rotatable bonds is 3. The minimum Gasteiger partial charge on any atom is -0.349 e. The van der Waals surface area contributed by atoms with Crippen LogP contribution >= 0.6 is 0 Å². The first kappa shape index (κ1) is 14.4. The fourth-order valence-corrected chi connectivity index (χ4v) is 2.74. The fraction of sp³-hybridized carbons (Fsp3) is 0.0526. The van der Waals surface area contributed by atoms with Crippen LogP contribution in [0.3, 0.4) is 0 Å². The monoisotopic (exact) mass is 319 g/mol. The van der Waals surface area contributed by atoms with Gasteiger partial charge in [-0.25, -0.2) is 4.39 Å². The number of halogens is 1. The summed E-state index contributed by atoms with van der Waals surface area (Å²) in [5.74, 6) is -0.500. The van der Waals surface area contributed by atoms with Gasteiger partial charge >= 0.3 is 0 Å². The van der Waals surface area contributed by atoms with Gasteiger partial charge < -0.3 is 10.3 Å². The molecule has 2 aromatic carbocycles. The van der Waals surface area contributed by atoms with E-state index in [1.807, 2.05) is 30.3 Å². The van der Waals surface area contributed by atoms with Gasteiger partial charge in [0, 0.05) is 23.5 Å². The summed E-state index contributed by atoms with van der Waals surface area (Å²) in [6.45, 7) is 0.341. The van der Waals surface area contributed by atoms with Gasteiger partial charge in [0.15, 0.2) is 0 Å². The highest BCUT2D eigenvalue weighted by molar-refractivity contribution is 6.07. The lowest BCUT2D eigenvalue weighted by atomic mass is 10.1. The molecule has 0 fully saturated rings. The molecule has 4 rings (SSSR count). The number of nitrogens with one attached hydrogen (secondary N) is 2. The highest BCUT2D eigenvalue weighted by Gasteiger charge is 2.11. The Morgan fingerprint density at radius 2 is 1.88 bits per heavy atom. The lowest BCUT2D eigenvalue weighted by molar-refractivity contribution is 0.0947. The van der Waals surface area contributed by atoms with Crippen LogP contribution in [0, 0.1) is 5.82 Å². The molecule has 0 radical (unpaired) electrons. The summed E-state index contributed by atoms with van der Waals surface area (Å²) >= 11 is 0. The third-order valence-corrected chi connectivity index (χ3v) is 3.98. The molecule has 24 heavy (non-hydrogen) atoms. The number of H-pyrrole nitrogens is 1. The van der Waals surface area contributed by atoms with Crippen LogP contribution in [0.15, 0.2) is 60.8 Å². The van der Waals surface area contributed by atoms with Crippen molar-refractivity contribution >= 4 is 27.7 Å². The van der Waals surface area contributed by atoms with Crippen LogP contribution < -0.4 is 5.32 Å². The molecule has 0 aliphatic heterocycles. The Morgan fingerprint density at radius 3 is 2.71 bits per heavy atom. The number of amides is 1. The molecule has 0 bridgehead atoms. The normalized spacial score (nSPS) is 11.0. The molecule has 0 aliphatic carbocycles. The van der Waals surface area contributed by atoms with E-state index in [9.17, 15) is 9.18 Å². The summed E-state index contributed by atoms with van der Waals surface area (Å²) in [5, 5.41) is 4.79. The molecule has 0 saturated carbocycles. The molecule has 4 aromatic rings. The molecule has 118 valence electrons. The molecule has 2 aromatic heterocycles. The van der Waals surface area contributed by atoms with Crippen LogP contribution in [-0.2, 0) is 6.54 Å². The van der Waals surface area contributed by atoms with Crippen LogP contribution in [0.1, 0.15) is 16.1 Å². The van der Waals surface area contributed by atoms with E-state index in [1.54, 1.807) is 18.3 Å². The fourth-order valence-electron chi connectivity index (χ4n) is 2.74. The SMILES string of the molecule is O=C(NCc1ccc(F)cc1)c1cc2ccc3cccnc3c2[nH]1. The average molecular weight is 319 g/mol. The lowest BCUT2D eigenvalue weighted by Gasteiger charge is -2.03. The van der Waals surface area contributed by atoms with Gasteiger partial charge in [0.2, 0.25) is 0 Å². The molecule has 2 heterocycles. The second kappa shape index (κ2) is 5.77. The number of benzene rings is 2. The van der Waals surface area contributed by atoms with E-state index in [1.165, 1.54) is 12.1 Å². The molecular formula is C19H14FN3O. The molecule has 0 aliphatic rings. The van der Waals surface area contributed by atoms with Crippen molar-refractivity contribution in [3.63, 3.8) is 0 Å². The quantitative estimate of drug-likeness (QED) is 0.604. The zero-order valence-corrected chi connectivity index (χ0v) is 12.7. The highest BCUT2D eigenvalue weighted by Crippen LogP contribution is 2.23. The van der Waals surface area contributed by atoms with Crippen molar-refractivity contribution in [2.45, 2.75) is 6.54 Å². The second-order valence-electron chi connectivity index (χ2n) is 5.60. The van der Waals surface area contributed by atoms with Crippen molar-refractivity contribution in [3.05, 3.63) is 77.9 Å². The Kier molecular flexibility index (Phi) is 3.46. The Balaban J connectivity index is 1.60. The van der Waals surface area contributed by atoms with Gasteiger partial charge in [-0.15, -0.1) is 0 Å². The summed E-state index contributed by atoms with van der Waals surface area (Å²) < 4.78 is 12.9. The number of nitrogens with zero attached hydrogens (tertiary/aromatic N) is 1. The standard InChI is InChI=1S/C19H14FN3O/c20-15-7-3-12(4-8-15)11-22-19(24)16-10-14-6-5-13-2-1-9-21-17(13)18(14)23-16/h1-10,23H,11H2,(H,22,24). The number of carbonyl (C=O) groups is 1. The smallest absolute Gasteiger partial charge is 0.267 e. The maximum absolute atomic E-state index is 12.9. The first-order valence-electron chi connectivity index (χ1n) is 7.60. The molecular weight excluding hydrogens is 305 g/mol. The average Bonchev–Trinajstić information content (AvgIpc) is 3.06. The molecule has 0 spiro atoms. The van der Waals surface area contributed by atoms with E-state index in [-0.39, 0.29) is 11.7 Å². The molecule has 1 amide bonds. The summed E-state index contributed by atoms with van der Waals surface area (Å²) in [4.78, 5) is 19.9. The Labute approximate surface area is 137 Å². The molecule has 4 nitrogen and oxygen atoms in total. The van der Waals surface area contributed by atoms with Crippen molar-refractivity contribution in [1.29, 1.82) is 0 Å². The number of aromatic nitrogens is 2. The summed E-state index contributed by atoms with van der Waals surface area (Å²) in [5.41, 5.74) is 3.01. The predicted molar refractivity (Wildman–Crippen MR) is 91.2 cm³/mol. The number of fused-ring (bicyclic) bond motifs is 3. The maximum Gasteiger partial charge on any atom is 0.267 e. The predicted octanol–water partition coefficient (Wildman–Crippen LogP) is 3.79. The minimum absolute atomic E-state index is 0.209. The third-order valence-electron chi connectivity index (χ3n) is 3.98. The Morgan fingerprint density at radius 1 is 1.08 bits per heavy atom. The van der Waals surface area contributed by atoms with Crippen LogP contribution in [0.25, 0.3) is 21.8 Å². The first-order chi connectivity index (χ1) is 11.7. The van der Waals surface area contributed by atoms with E-state index in [4.69, 9.17) is 0 Å². The van der Waals surface area contributed by atoms with E-state index < -0.39 is 0 Å². The lowest BCUT2D eigenvalue weighted by Crippen LogP contribution is -2.23. The van der Waals surface area contributed by atoms with Crippen LogP contribution in [0.5, 0.6) is 0 Å². The van der Waals surface area contributed by atoms with E-state index in [0.717, 1.165) is 27.4 Å². The molecule has 0 unspecified atom stereocenters. The van der Waals surface area contributed by atoms with Crippen molar-refractivity contribution in [1.82, 2.24) is 15.3 Å². The van der Waals surface area contributed by atoms with Crippen LogP contribution in [-0.4, -0.2) is 15.9 Å². The van der Waals surface area contributed by atoms with E-state index in [0.29, 0.717) is 12.2 Å². The van der Waals surface area contributed by atoms with Crippen LogP contribution in [0.4, 0.5) is 4.39 Å². The highest BCUT2D eigenvalue weighted by atomic mass is 19.1. The molecule has 5 heteroatoms. The van der Waals surface area contributed by atoms with E-state index >= 15 is 0 Å². The molecule has 0 saturated heterocycles. The van der Waals surface area contributed by atoms with E-state index in [2.05, 4.69) is 15.3 Å². The summed E-state index contributed by atoms with van der Waals surface area (Å²) in [6.07, 6.45) is 1.73. The van der Waals surface area contributed by atoms with Gasteiger partial charge in [0.1, 0.15) is 11.5 Å². The Bertz CT molecular complexity index is 1040. The number of hydrogen-bond donors (Lipinski definition) is 2. The van der Waals surface area contributed by atoms with Crippen molar-refractivity contribution in [3.8, 4) is 0 Å². The number of hydrogen-bond acceptors (Lipinski definition) is 2. The number of carbonyl (C=O) groups excluding carboxylic acids is 1. The molecule has 0 atom stereocenters. The topological polar surface area (TPSA) is 57.8 Å². The number of pyridine rings is 1. The summed E-state index contributed by atoms with van der Waals surface area (Å²) in [6, 6.07) is 15.7. The molecule has 2 N–H and O–H groups in total. The van der Waals surface area contributed by atoms with Gasteiger partial charge in [-0.1, -0.05) is 30.3 Å². The van der Waals surface area contributed by atoms with Gasteiger partial charge in [0.05, 0.1) is 11.0 Å². The maximum atomic E-state index is 12.9. The van der Waals surface area contributed by atoms with Gasteiger partial charge in [-0.05, 0) is 29.8 Å². The zero-order valence-electron chi connectivity index (χ0n) is 12.7. The second-order valence-corrected chi connectivity index (χ2v) is 5.60. The zero-order chi connectivity index (χ0) is 16.5. The van der Waals surface area contributed by atoms with Crippen molar-refractivity contribution in [2.24, 2.45) is 0 Å². The Hall–Kier alpha value is -3.21. The first-order valence-corrected chi connectivity index (χ1v) is 7.60. The van der Waals surface area contributed by atoms with Gasteiger partial charge in [-0.3, -0.25) is 9.78 Å². The third kappa shape index (κ3) is 2.60. The summed E-state index contributed by atoms with van der Waals surface area (Å²) in [7, 11) is 0. The van der Waals surface area contributed by atoms with Gasteiger partial charge in [0.25, 0.3) is 5.91 Å². The minimum atomic E-state index is -0.292. The van der Waals surface area contributed by atoms with Crippen LogP contribution in [0.2, 0.25) is 0 Å². The largest absolute Gasteiger partial charge is 0.349 e. The number of aromatic amines is 1.